The minimum atomic E-state index is -0.770. The van der Waals surface area contributed by atoms with Crippen LogP contribution in [0.3, 0.4) is 0 Å². The second kappa shape index (κ2) is 8.82. The second-order valence-electron chi connectivity index (χ2n) is 0.167. The molecular formula is B2FeZr. The van der Waals surface area contributed by atoms with Gasteiger partial charge in [-0.1, -0.05) is 0 Å². The summed E-state index contributed by atoms with van der Waals surface area (Å²) in [5.74, 6) is 0. The van der Waals surface area contributed by atoms with Crippen LogP contribution in [-0.2, 0) is 38.4 Å². The predicted molar refractivity (Wildman–Crippen MR) is 11.5 cm³/mol. The van der Waals surface area contributed by atoms with E-state index in [-0.39, 0.29) is 17.1 Å². The van der Waals surface area contributed by atoms with Gasteiger partial charge < -0.3 is 0 Å². The maximum absolute atomic E-state index is 4.80. The van der Waals surface area contributed by atoms with Gasteiger partial charge in [0.05, 0.1) is 0 Å². The van der Waals surface area contributed by atoms with E-state index in [1.54, 1.807) is 0 Å². The Kier molecular flexibility index (Phi) is 20.1. The fourth-order valence-corrected chi connectivity index (χ4v) is 0. The molecule has 0 aromatic rings. The fourth-order valence-electron chi connectivity index (χ4n) is 0. The Bertz CT molecular complexity index is 79.2. The van der Waals surface area contributed by atoms with E-state index in [1.165, 1.54) is 0 Å². The summed E-state index contributed by atoms with van der Waals surface area (Å²) >= 11 is -0.770. The molecular weight excluding hydrogens is 169 g/mol. The van der Waals surface area contributed by atoms with Crippen molar-refractivity contribution in [1.29, 1.82) is 0 Å². The average molecular weight is 169 g/mol. The average Bonchev–Trinajstić information content (AvgIpc) is 0.918. The van der Waals surface area contributed by atoms with Crippen LogP contribution in [0.5, 0.6) is 0 Å². The first-order chi connectivity index (χ1) is 1.41. The third-order valence-corrected chi connectivity index (χ3v) is 0. The molecule has 0 spiro atoms. The molecule has 18 valence electrons. The molecule has 0 nitrogen and oxygen atoms in total. The Hall–Kier alpha value is 1.53. The van der Waals surface area contributed by atoms with Crippen molar-refractivity contribution in [1.82, 2.24) is 0 Å². The molecule has 0 aliphatic heterocycles. The van der Waals surface area contributed by atoms with Crippen LogP contribution < -0.4 is 0 Å². The van der Waals surface area contributed by atoms with E-state index in [9.17, 15) is 0 Å². The maximum atomic E-state index is 4.80. The zero-order chi connectivity index (χ0) is 2.71. The third-order valence-electron chi connectivity index (χ3n) is 0. The SMILES string of the molecule is [B]#[Zr]#[B].[Fe]. The van der Waals surface area contributed by atoms with E-state index in [2.05, 4.69) is 0 Å². The van der Waals surface area contributed by atoms with Crippen molar-refractivity contribution in [2.45, 2.75) is 0 Å². The zero-order valence-electron chi connectivity index (χ0n) is 2.01. The van der Waals surface area contributed by atoms with Crippen LogP contribution in [0.2, 0.25) is 0 Å². The number of hydrogen-bond acceptors (Lipinski definition) is 0. The molecule has 0 N–H and O–H groups in total. The molecule has 0 heterocycles. The first-order valence-corrected chi connectivity index (χ1v) is 3.42. The van der Waals surface area contributed by atoms with Gasteiger partial charge in [-0.15, -0.1) is 0 Å². The van der Waals surface area contributed by atoms with E-state index in [0.29, 0.717) is 0 Å². The van der Waals surface area contributed by atoms with Gasteiger partial charge in [0.25, 0.3) is 0 Å². The van der Waals surface area contributed by atoms with Crippen LogP contribution in [0, 0.1) is 0 Å². The Morgan fingerprint density at radius 1 is 1.25 bits per heavy atom. The molecule has 0 aliphatic carbocycles. The van der Waals surface area contributed by atoms with Crippen LogP contribution in [0.4, 0.5) is 0 Å². The van der Waals surface area contributed by atoms with Crippen LogP contribution in [0.1, 0.15) is 0 Å². The molecule has 4 heteroatoms. The van der Waals surface area contributed by atoms with Gasteiger partial charge in [-0.05, 0) is 0 Å². The van der Waals surface area contributed by atoms with Crippen LogP contribution in [0.25, 0.3) is 0 Å². The summed E-state index contributed by atoms with van der Waals surface area (Å²) in [6.45, 7) is 0. The van der Waals surface area contributed by atoms with E-state index >= 15 is 0 Å². The molecule has 0 amide bonds. The zero-order valence-corrected chi connectivity index (χ0v) is 5.57. The first-order valence-electron chi connectivity index (χ1n) is 0.577. The van der Waals surface area contributed by atoms with E-state index in [1.807, 2.05) is 0 Å². The summed E-state index contributed by atoms with van der Waals surface area (Å²) in [6, 6.07) is 0. The third kappa shape index (κ3) is 9.65. The molecule has 0 aromatic carbocycles. The van der Waals surface area contributed by atoms with Gasteiger partial charge in [0.15, 0.2) is 0 Å². The molecule has 0 bridgehead atoms. The van der Waals surface area contributed by atoms with Crippen LogP contribution in [-0.4, -0.2) is 9.45 Å². The Labute approximate surface area is 47.6 Å². The van der Waals surface area contributed by atoms with Crippen molar-refractivity contribution in [3.05, 3.63) is 0 Å². The normalized spacial score (nSPS) is 6.00. The smallest absolute Gasteiger partial charge is 0 e. The summed E-state index contributed by atoms with van der Waals surface area (Å²) in [5, 5.41) is 0. The molecule has 0 atom stereocenters. The fraction of sp³-hybridized carbons (Fsp3) is 0. The molecule has 4 heavy (non-hydrogen) atoms. The van der Waals surface area contributed by atoms with Crippen molar-refractivity contribution in [2.24, 2.45) is 0 Å². The number of rotatable bonds is 0. The van der Waals surface area contributed by atoms with Crippen molar-refractivity contribution in [3.8, 4) is 0 Å². The summed E-state index contributed by atoms with van der Waals surface area (Å²) in [7, 11) is 0. The topological polar surface area (TPSA) is 0 Å². The Morgan fingerprint density at radius 2 is 1.25 bits per heavy atom. The summed E-state index contributed by atoms with van der Waals surface area (Å²) in [4.78, 5) is 0. The first kappa shape index (κ1) is 9.11. The minimum absolute atomic E-state index is 0. The summed E-state index contributed by atoms with van der Waals surface area (Å²) < 4.78 is 9.59. The van der Waals surface area contributed by atoms with Gasteiger partial charge >= 0.3 is 30.8 Å². The predicted octanol–water partition coefficient (Wildman–Crippen LogP) is -0.767. The van der Waals surface area contributed by atoms with Crippen molar-refractivity contribution in [3.63, 3.8) is 0 Å². The molecule has 0 rings (SSSR count). The van der Waals surface area contributed by atoms with Gasteiger partial charge in [-0.25, -0.2) is 0 Å². The summed E-state index contributed by atoms with van der Waals surface area (Å²) in [6.07, 6.45) is 0. The molecule has 0 saturated carbocycles. The molecule has 0 saturated heterocycles. The van der Waals surface area contributed by atoms with Gasteiger partial charge in [-0.3, -0.25) is 0 Å². The minimum Gasteiger partial charge on any atom is 0 e. The van der Waals surface area contributed by atoms with Gasteiger partial charge in [0, 0.05) is 17.1 Å². The Morgan fingerprint density at radius 3 is 1.25 bits per heavy atom. The molecule has 0 aromatic heterocycles. The van der Waals surface area contributed by atoms with Gasteiger partial charge in [-0.2, -0.15) is 0 Å². The monoisotopic (exact) mass is 168 g/mol. The van der Waals surface area contributed by atoms with E-state index < -0.39 is 21.3 Å². The van der Waals surface area contributed by atoms with Crippen molar-refractivity contribution in [2.75, 3.05) is 0 Å². The van der Waals surface area contributed by atoms with Crippen LogP contribution in [0.15, 0.2) is 0 Å². The molecule has 0 unspecified atom stereocenters. The van der Waals surface area contributed by atoms with Crippen LogP contribution >= 0.6 is 0 Å². The molecule has 0 fully saturated rings. The van der Waals surface area contributed by atoms with E-state index in [0.717, 1.165) is 0 Å². The largest absolute Gasteiger partial charge is 0 e. The van der Waals surface area contributed by atoms with Crippen molar-refractivity contribution < 1.29 is 38.4 Å². The van der Waals surface area contributed by atoms with Crippen molar-refractivity contribution >= 4 is 9.45 Å². The standard InChI is InChI=1S/2B.Fe.Zr. The van der Waals surface area contributed by atoms with Gasteiger partial charge in [0.2, 0.25) is 0 Å². The molecule has 0 aliphatic rings. The number of hydrogen-bond donors (Lipinski definition) is 0. The van der Waals surface area contributed by atoms with E-state index in [4.69, 9.17) is 9.45 Å². The van der Waals surface area contributed by atoms with Gasteiger partial charge in [0.1, 0.15) is 0 Å². The summed E-state index contributed by atoms with van der Waals surface area (Å²) in [5.41, 5.74) is 0. The quantitative estimate of drug-likeness (QED) is 0.417. The molecule has 0 radical (unpaired) electrons. The second-order valence-corrected chi connectivity index (χ2v) is 0.986. The Balaban J connectivity index is 0. The maximum Gasteiger partial charge on any atom is 0 e.